The minimum absolute atomic E-state index is 0.321. The third-order valence-electron chi connectivity index (χ3n) is 2.13. The van der Waals surface area contributed by atoms with E-state index in [4.69, 9.17) is 4.74 Å². The highest BCUT2D eigenvalue weighted by atomic mass is 19.4. The van der Waals surface area contributed by atoms with Crippen LogP contribution in [-0.2, 0) is 6.54 Å². The van der Waals surface area contributed by atoms with Crippen LogP contribution in [0.2, 0.25) is 0 Å². The quantitative estimate of drug-likeness (QED) is 0.856. The molecule has 0 aliphatic heterocycles. The summed E-state index contributed by atoms with van der Waals surface area (Å²) in [5.41, 5.74) is 0.744. The van der Waals surface area contributed by atoms with Crippen molar-refractivity contribution in [3.05, 3.63) is 24.0 Å². The Hall–Kier alpha value is -1.30. The topological polar surface area (TPSA) is 34.1 Å². The van der Waals surface area contributed by atoms with Crippen molar-refractivity contribution in [1.29, 1.82) is 0 Å². The number of alkyl halides is 3. The summed E-state index contributed by atoms with van der Waals surface area (Å²) in [6, 6.07) is 3.52. The average molecular weight is 262 g/mol. The maximum atomic E-state index is 11.9. The van der Waals surface area contributed by atoms with Crippen LogP contribution in [0.5, 0.6) is 5.75 Å². The highest BCUT2D eigenvalue weighted by Crippen LogP contribution is 2.20. The smallest absolute Gasteiger partial charge is 0.392 e. The Balaban J connectivity index is 2.44. The molecular formula is C12H17F3N2O. The number of hydrogen-bond acceptors (Lipinski definition) is 3. The molecule has 0 spiro atoms. The fourth-order valence-corrected chi connectivity index (χ4v) is 1.24. The van der Waals surface area contributed by atoms with Gasteiger partial charge >= 0.3 is 6.18 Å². The third-order valence-corrected chi connectivity index (χ3v) is 2.13. The van der Waals surface area contributed by atoms with E-state index in [2.05, 4.69) is 10.3 Å². The average Bonchev–Trinajstić information content (AvgIpc) is 2.25. The second-order valence-corrected chi connectivity index (χ2v) is 4.23. The zero-order valence-electron chi connectivity index (χ0n) is 10.4. The monoisotopic (exact) mass is 262 g/mol. The van der Waals surface area contributed by atoms with Crippen molar-refractivity contribution < 1.29 is 17.9 Å². The zero-order valence-corrected chi connectivity index (χ0v) is 10.4. The van der Waals surface area contributed by atoms with Gasteiger partial charge < -0.3 is 10.1 Å². The summed E-state index contributed by atoms with van der Waals surface area (Å²) in [5.74, 6) is 0.412. The molecule has 0 saturated heterocycles. The van der Waals surface area contributed by atoms with Crippen LogP contribution in [0, 0.1) is 0 Å². The van der Waals surface area contributed by atoms with E-state index in [0.29, 0.717) is 18.3 Å². The first-order valence-electron chi connectivity index (χ1n) is 5.74. The molecule has 0 aliphatic carbocycles. The third kappa shape index (κ3) is 6.44. The molecule has 1 rings (SSSR count). The highest BCUT2D eigenvalue weighted by molar-refractivity contribution is 5.22. The Kier molecular flexibility index (Phi) is 5.40. The number of ether oxygens (including phenoxy) is 1. The van der Waals surface area contributed by atoms with Crippen LogP contribution in [0.4, 0.5) is 13.2 Å². The van der Waals surface area contributed by atoms with Crippen molar-refractivity contribution in [2.75, 3.05) is 6.61 Å². The van der Waals surface area contributed by atoms with Gasteiger partial charge in [0.2, 0.25) is 0 Å². The van der Waals surface area contributed by atoms with Gasteiger partial charge in [-0.15, -0.1) is 0 Å². The fraction of sp³-hybridized carbons (Fsp3) is 0.583. The maximum absolute atomic E-state index is 11.9. The molecular weight excluding hydrogens is 245 g/mol. The Labute approximate surface area is 104 Å². The number of nitrogens with one attached hydrogen (secondary N) is 1. The number of hydrogen-bond donors (Lipinski definition) is 1. The van der Waals surface area contributed by atoms with Gasteiger partial charge in [-0.05, 0) is 6.07 Å². The van der Waals surface area contributed by atoms with E-state index in [1.807, 2.05) is 13.8 Å². The van der Waals surface area contributed by atoms with Gasteiger partial charge in [0.1, 0.15) is 5.75 Å². The highest BCUT2D eigenvalue weighted by Gasteiger charge is 2.26. The van der Waals surface area contributed by atoms with Crippen molar-refractivity contribution in [1.82, 2.24) is 10.3 Å². The molecule has 0 atom stereocenters. The number of halogens is 3. The Morgan fingerprint density at radius 3 is 2.72 bits per heavy atom. The van der Waals surface area contributed by atoms with Gasteiger partial charge in [0.25, 0.3) is 0 Å². The van der Waals surface area contributed by atoms with Gasteiger partial charge in [-0.1, -0.05) is 13.8 Å². The second kappa shape index (κ2) is 6.58. The molecule has 3 nitrogen and oxygen atoms in total. The molecule has 0 aliphatic rings. The van der Waals surface area contributed by atoms with Crippen molar-refractivity contribution in [3.8, 4) is 5.75 Å². The maximum Gasteiger partial charge on any atom is 0.392 e. The lowest BCUT2D eigenvalue weighted by Crippen LogP contribution is -2.22. The fourth-order valence-electron chi connectivity index (χ4n) is 1.24. The number of pyridine rings is 1. The molecule has 0 unspecified atom stereocenters. The predicted octanol–water partition coefficient (Wildman–Crippen LogP) is 2.91. The molecule has 0 amide bonds. The molecule has 1 heterocycles. The summed E-state index contributed by atoms with van der Waals surface area (Å²) < 4.78 is 40.9. The normalized spacial score (nSPS) is 11.9. The standard InChI is InChI=1S/C12H17F3N2O/c1-9(2)17-8-10-7-11(3-5-16-10)18-6-4-12(13,14)15/h3,5,7,9,17H,4,6,8H2,1-2H3. The number of nitrogens with zero attached hydrogens (tertiary/aromatic N) is 1. The van der Waals surface area contributed by atoms with Gasteiger partial charge in [-0.25, -0.2) is 0 Å². The molecule has 102 valence electrons. The number of aromatic nitrogens is 1. The molecule has 0 bridgehead atoms. The first-order valence-corrected chi connectivity index (χ1v) is 5.74. The molecule has 18 heavy (non-hydrogen) atoms. The van der Waals surface area contributed by atoms with Gasteiger partial charge in [-0.2, -0.15) is 13.2 Å². The molecule has 1 N–H and O–H groups in total. The summed E-state index contributed by atoms with van der Waals surface area (Å²) in [7, 11) is 0. The summed E-state index contributed by atoms with van der Waals surface area (Å²) in [5, 5.41) is 3.17. The molecule has 1 aromatic heterocycles. The van der Waals surface area contributed by atoms with Gasteiger partial charge in [0.05, 0.1) is 18.7 Å². The van der Waals surface area contributed by atoms with Crippen molar-refractivity contribution in [3.63, 3.8) is 0 Å². The largest absolute Gasteiger partial charge is 0.493 e. The van der Waals surface area contributed by atoms with E-state index >= 15 is 0 Å². The Morgan fingerprint density at radius 2 is 2.11 bits per heavy atom. The van der Waals surface area contributed by atoms with E-state index in [1.165, 1.54) is 6.20 Å². The van der Waals surface area contributed by atoms with Crippen LogP contribution < -0.4 is 10.1 Å². The van der Waals surface area contributed by atoms with Crippen molar-refractivity contribution >= 4 is 0 Å². The molecule has 0 fully saturated rings. The molecule has 0 aromatic carbocycles. The van der Waals surface area contributed by atoms with Crippen molar-refractivity contribution in [2.45, 2.75) is 39.0 Å². The Morgan fingerprint density at radius 1 is 1.39 bits per heavy atom. The van der Waals surface area contributed by atoms with E-state index in [0.717, 1.165) is 5.69 Å². The van der Waals surface area contributed by atoms with Crippen LogP contribution in [0.15, 0.2) is 18.3 Å². The lowest BCUT2D eigenvalue weighted by atomic mass is 10.3. The summed E-state index contributed by atoms with van der Waals surface area (Å²) in [4.78, 5) is 4.10. The molecule has 0 saturated carbocycles. The minimum Gasteiger partial charge on any atom is -0.493 e. The lowest BCUT2D eigenvalue weighted by Gasteiger charge is -2.10. The van der Waals surface area contributed by atoms with E-state index in [1.54, 1.807) is 12.1 Å². The van der Waals surface area contributed by atoms with E-state index < -0.39 is 12.6 Å². The lowest BCUT2D eigenvalue weighted by molar-refractivity contribution is -0.139. The van der Waals surface area contributed by atoms with Gasteiger partial charge in [0, 0.05) is 24.8 Å². The summed E-state index contributed by atoms with van der Waals surface area (Å²) in [6.07, 6.45) is -3.61. The minimum atomic E-state index is -4.19. The van der Waals surface area contributed by atoms with Gasteiger partial charge in [-0.3, -0.25) is 4.98 Å². The Bertz CT molecular complexity index is 367. The van der Waals surface area contributed by atoms with Crippen LogP contribution in [-0.4, -0.2) is 23.8 Å². The first-order chi connectivity index (χ1) is 8.37. The second-order valence-electron chi connectivity index (χ2n) is 4.23. The van der Waals surface area contributed by atoms with Crippen molar-refractivity contribution in [2.24, 2.45) is 0 Å². The number of rotatable bonds is 6. The van der Waals surface area contributed by atoms with Crippen LogP contribution in [0.1, 0.15) is 26.0 Å². The van der Waals surface area contributed by atoms with E-state index in [9.17, 15) is 13.2 Å². The van der Waals surface area contributed by atoms with Crippen LogP contribution in [0.25, 0.3) is 0 Å². The van der Waals surface area contributed by atoms with Crippen LogP contribution in [0.3, 0.4) is 0 Å². The predicted molar refractivity (Wildman–Crippen MR) is 62.4 cm³/mol. The zero-order chi connectivity index (χ0) is 13.6. The molecule has 1 aromatic rings. The van der Waals surface area contributed by atoms with Crippen LogP contribution >= 0.6 is 0 Å². The molecule has 6 heteroatoms. The molecule has 0 radical (unpaired) electrons. The van der Waals surface area contributed by atoms with E-state index in [-0.39, 0.29) is 6.61 Å². The SMILES string of the molecule is CC(C)NCc1cc(OCCC(F)(F)F)ccn1. The first kappa shape index (κ1) is 14.8. The summed E-state index contributed by atoms with van der Waals surface area (Å²) in [6.45, 7) is 4.20. The van der Waals surface area contributed by atoms with Gasteiger partial charge in [0.15, 0.2) is 0 Å². The summed E-state index contributed by atoms with van der Waals surface area (Å²) >= 11 is 0.